The van der Waals surface area contributed by atoms with Gasteiger partial charge in [0.1, 0.15) is 0 Å². The van der Waals surface area contributed by atoms with E-state index >= 15 is 0 Å². The van der Waals surface area contributed by atoms with Gasteiger partial charge in [0, 0.05) is 19.5 Å². The van der Waals surface area contributed by atoms with E-state index in [1.54, 1.807) is 37.3 Å². The van der Waals surface area contributed by atoms with Gasteiger partial charge in [-0.25, -0.2) is 13.1 Å². The summed E-state index contributed by atoms with van der Waals surface area (Å²) in [6.45, 7) is 6.15. The van der Waals surface area contributed by atoms with E-state index in [1.807, 2.05) is 13.8 Å². The minimum atomic E-state index is -3.67. The van der Waals surface area contributed by atoms with Gasteiger partial charge < -0.3 is 14.8 Å². The monoisotopic (exact) mass is 454 g/mol. The largest absolute Gasteiger partial charge is 0.493 e. The number of carbonyl (C=O) groups is 1. The normalized spacial score (nSPS) is 11.2. The van der Waals surface area contributed by atoms with Crippen LogP contribution in [-0.2, 0) is 21.4 Å². The number of halogens is 1. The van der Waals surface area contributed by atoms with Crippen molar-refractivity contribution in [2.75, 3.05) is 20.3 Å². The van der Waals surface area contributed by atoms with Crippen molar-refractivity contribution in [3.63, 3.8) is 0 Å². The Morgan fingerprint density at radius 1 is 1.17 bits per heavy atom. The quantitative estimate of drug-likeness (QED) is 0.574. The summed E-state index contributed by atoms with van der Waals surface area (Å²) in [4.78, 5) is 12.3. The summed E-state index contributed by atoms with van der Waals surface area (Å²) in [6.07, 6.45) is 0.00599. The molecule has 9 heteroatoms. The highest BCUT2D eigenvalue weighted by atomic mass is 35.5. The van der Waals surface area contributed by atoms with Crippen LogP contribution in [0, 0.1) is 13.8 Å². The van der Waals surface area contributed by atoms with E-state index in [9.17, 15) is 13.2 Å². The molecule has 2 aromatic carbocycles. The molecule has 0 fully saturated rings. The summed E-state index contributed by atoms with van der Waals surface area (Å²) in [5.74, 6) is 0.648. The maximum atomic E-state index is 12.4. The standard InChI is InChI=1S/C21H27ClN2O5S/c1-5-29-21-17(22)11-16(12-18(21)28-4)13-23-20(25)8-9-24-30(26,27)19-7-6-14(2)10-15(19)3/h6-7,10-12,24H,5,8-9,13H2,1-4H3,(H,23,25). The molecule has 2 aromatic rings. The first-order valence-corrected chi connectivity index (χ1v) is 11.4. The predicted octanol–water partition coefficient (Wildman–Crippen LogP) is 3.35. The zero-order valence-corrected chi connectivity index (χ0v) is 19.1. The third-order valence-corrected chi connectivity index (χ3v) is 6.23. The first-order valence-electron chi connectivity index (χ1n) is 9.50. The minimum Gasteiger partial charge on any atom is -0.493 e. The Bertz CT molecular complexity index is 1010. The third-order valence-electron chi connectivity index (χ3n) is 4.33. The fourth-order valence-corrected chi connectivity index (χ4v) is 4.47. The van der Waals surface area contributed by atoms with Gasteiger partial charge in [-0.05, 0) is 50.1 Å². The fourth-order valence-electron chi connectivity index (χ4n) is 2.93. The highest BCUT2D eigenvalue weighted by Crippen LogP contribution is 2.36. The van der Waals surface area contributed by atoms with Gasteiger partial charge in [0.25, 0.3) is 0 Å². The lowest BCUT2D eigenvalue weighted by atomic mass is 10.2. The predicted molar refractivity (Wildman–Crippen MR) is 117 cm³/mol. The number of amides is 1. The van der Waals surface area contributed by atoms with E-state index in [0.717, 1.165) is 11.1 Å². The second-order valence-electron chi connectivity index (χ2n) is 6.74. The third kappa shape index (κ3) is 6.35. The molecular weight excluding hydrogens is 428 g/mol. The number of benzene rings is 2. The molecule has 30 heavy (non-hydrogen) atoms. The molecule has 0 aliphatic rings. The highest BCUT2D eigenvalue weighted by Gasteiger charge is 2.17. The molecule has 0 spiro atoms. The van der Waals surface area contributed by atoms with Crippen LogP contribution < -0.4 is 19.5 Å². The number of aryl methyl sites for hydroxylation is 2. The number of carbonyl (C=O) groups excluding carboxylic acids is 1. The van der Waals surface area contributed by atoms with Crippen LogP contribution >= 0.6 is 11.6 Å². The van der Waals surface area contributed by atoms with Crippen LogP contribution in [0.3, 0.4) is 0 Å². The zero-order chi connectivity index (χ0) is 22.3. The van der Waals surface area contributed by atoms with Gasteiger partial charge in [-0.15, -0.1) is 0 Å². The van der Waals surface area contributed by atoms with E-state index in [-0.39, 0.29) is 30.3 Å². The second-order valence-corrected chi connectivity index (χ2v) is 8.88. The second kappa shape index (κ2) is 10.7. The molecule has 0 atom stereocenters. The van der Waals surface area contributed by atoms with E-state index in [1.165, 1.54) is 7.11 Å². The number of ether oxygens (including phenoxy) is 2. The van der Waals surface area contributed by atoms with Gasteiger partial charge in [-0.3, -0.25) is 4.79 Å². The van der Waals surface area contributed by atoms with E-state index in [0.29, 0.717) is 28.7 Å². The van der Waals surface area contributed by atoms with E-state index in [4.69, 9.17) is 21.1 Å². The lowest BCUT2D eigenvalue weighted by Crippen LogP contribution is -2.31. The van der Waals surface area contributed by atoms with Crippen molar-refractivity contribution in [3.8, 4) is 11.5 Å². The zero-order valence-electron chi connectivity index (χ0n) is 17.5. The number of rotatable bonds is 10. The molecule has 0 unspecified atom stereocenters. The van der Waals surface area contributed by atoms with Crippen LogP contribution in [0.1, 0.15) is 30.0 Å². The first-order chi connectivity index (χ1) is 14.2. The van der Waals surface area contributed by atoms with Crippen LogP contribution in [0.5, 0.6) is 11.5 Å². The van der Waals surface area contributed by atoms with Crippen molar-refractivity contribution in [1.82, 2.24) is 10.0 Å². The van der Waals surface area contributed by atoms with Crippen LogP contribution in [0.25, 0.3) is 0 Å². The van der Waals surface area contributed by atoms with Crippen LogP contribution in [0.4, 0.5) is 0 Å². The molecule has 0 saturated heterocycles. The SMILES string of the molecule is CCOc1c(Cl)cc(CNC(=O)CCNS(=O)(=O)c2ccc(C)cc2C)cc1OC. The molecule has 0 radical (unpaired) electrons. The molecule has 0 bridgehead atoms. The van der Waals surface area contributed by atoms with Crippen molar-refractivity contribution in [3.05, 3.63) is 52.0 Å². The maximum absolute atomic E-state index is 12.4. The van der Waals surface area contributed by atoms with Crippen LogP contribution in [0.15, 0.2) is 35.2 Å². The summed E-state index contributed by atoms with van der Waals surface area (Å²) in [5, 5.41) is 3.14. The Balaban J connectivity index is 1.90. The number of sulfonamides is 1. The summed E-state index contributed by atoms with van der Waals surface area (Å²) in [5.41, 5.74) is 2.38. The van der Waals surface area contributed by atoms with E-state index in [2.05, 4.69) is 10.0 Å². The molecule has 1 amide bonds. The Labute approximate surface area is 182 Å². The summed E-state index contributed by atoms with van der Waals surface area (Å²) in [6, 6.07) is 8.54. The molecule has 0 aromatic heterocycles. The van der Waals surface area contributed by atoms with Gasteiger partial charge in [-0.1, -0.05) is 29.3 Å². The topological polar surface area (TPSA) is 93.7 Å². The van der Waals surface area contributed by atoms with Gasteiger partial charge in [0.05, 0.1) is 23.6 Å². The average molecular weight is 455 g/mol. The van der Waals surface area contributed by atoms with Gasteiger partial charge >= 0.3 is 0 Å². The van der Waals surface area contributed by atoms with Gasteiger partial charge in [0.2, 0.25) is 15.9 Å². The maximum Gasteiger partial charge on any atom is 0.240 e. The van der Waals surface area contributed by atoms with Crippen molar-refractivity contribution in [1.29, 1.82) is 0 Å². The summed E-state index contributed by atoms with van der Waals surface area (Å²) >= 11 is 6.23. The average Bonchev–Trinajstić information content (AvgIpc) is 2.67. The Morgan fingerprint density at radius 2 is 1.90 bits per heavy atom. The molecule has 0 aliphatic heterocycles. The van der Waals surface area contributed by atoms with Crippen molar-refractivity contribution in [2.45, 2.75) is 38.6 Å². The van der Waals surface area contributed by atoms with Gasteiger partial charge in [-0.2, -0.15) is 0 Å². The van der Waals surface area contributed by atoms with Crippen LogP contribution in [-0.4, -0.2) is 34.6 Å². The highest BCUT2D eigenvalue weighted by molar-refractivity contribution is 7.89. The van der Waals surface area contributed by atoms with Crippen molar-refractivity contribution < 1.29 is 22.7 Å². The smallest absolute Gasteiger partial charge is 0.240 e. The van der Waals surface area contributed by atoms with E-state index < -0.39 is 10.0 Å². The first kappa shape index (κ1) is 24.0. The molecule has 0 heterocycles. The van der Waals surface area contributed by atoms with Crippen LogP contribution in [0.2, 0.25) is 5.02 Å². The number of nitrogens with one attached hydrogen (secondary N) is 2. The molecule has 2 rings (SSSR count). The molecule has 2 N–H and O–H groups in total. The van der Waals surface area contributed by atoms with Crippen molar-refractivity contribution in [2.24, 2.45) is 0 Å². The number of methoxy groups -OCH3 is 1. The Morgan fingerprint density at radius 3 is 2.53 bits per heavy atom. The fraction of sp³-hybridized carbons (Fsp3) is 0.381. The molecule has 0 aliphatic carbocycles. The molecule has 7 nitrogen and oxygen atoms in total. The lowest BCUT2D eigenvalue weighted by Gasteiger charge is -2.14. The molecular formula is C21H27ClN2O5S. The minimum absolute atomic E-state index is 0.00512. The number of hydrogen-bond donors (Lipinski definition) is 2. The summed E-state index contributed by atoms with van der Waals surface area (Å²) < 4.78 is 38.1. The number of hydrogen-bond acceptors (Lipinski definition) is 5. The summed E-state index contributed by atoms with van der Waals surface area (Å²) in [7, 11) is -2.16. The Hall–Kier alpha value is -2.29. The van der Waals surface area contributed by atoms with Crippen molar-refractivity contribution >= 4 is 27.5 Å². The Kier molecular flexibility index (Phi) is 8.52. The molecule has 164 valence electrons. The van der Waals surface area contributed by atoms with Gasteiger partial charge in [0.15, 0.2) is 11.5 Å². The lowest BCUT2D eigenvalue weighted by molar-refractivity contribution is -0.121. The molecule has 0 saturated carbocycles.